The van der Waals surface area contributed by atoms with Crippen LogP contribution in [0.15, 0.2) is 18.3 Å². The first-order chi connectivity index (χ1) is 8.49. The molecule has 0 saturated carbocycles. The number of nitrogens with one attached hydrogen (secondary N) is 1. The molecule has 0 aliphatic heterocycles. The zero-order chi connectivity index (χ0) is 13.3. The molecule has 2 aromatic heterocycles. The molecule has 0 bridgehead atoms. The number of hydrogen-bond acceptors (Lipinski definition) is 2. The van der Waals surface area contributed by atoms with E-state index < -0.39 is 0 Å². The molecule has 98 valence electrons. The summed E-state index contributed by atoms with van der Waals surface area (Å²) in [7, 11) is 0. The van der Waals surface area contributed by atoms with Crippen LogP contribution in [0.2, 0.25) is 0 Å². The Balaban J connectivity index is 2.45. The molecule has 0 aliphatic rings. The van der Waals surface area contributed by atoms with Crippen LogP contribution in [-0.4, -0.2) is 22.6 Å². The van der Waals surface area contributed by atoms with Gasteiger partial charge in [-0.1, -0.05) is 13.8 Å². The van der Waals surface area contributed by atoms with Gasteiger partial charge >= 0.3 is 0 Å². The topological polar surface area (TPSA) is 31.9 Å². The van der Waals surface area contributed by atoms with Crippen molar-refractivity contribution in [3.8, 4) is 0 Å². The molecule has 1 N–H and O–H groups in total. The molecule has 2 rings (SSSR count). The lowest BCUT2D eigenvalue weighted by Gasteiger charge is -2.31. The summed E-state index contributed by atoms with van der Waals surface area (Å²) in [4.78, 5) is 10.3. The maximum absolute atomic E-state index is 4.65. The molecular weight excluding hydrogens is 222 g/mol. The summed E-state index contributed by atoms with van der Waals surface area (Å²) in [6.07, 6.45) is 1.95. The number of aromatic nitrogens is 2. The molecule has 0 spiro atoms. The zero-order valence-electron chi connectivity index (χ0n) is 12.0. The van der Waals surface area contributed by atoms with Crippen molar-refractivity contribution in [3.05, 3.63) is 24.0 Å². The molecule has 2 heterocycles. The number of anilines is 1. The van der Waals surface area contributed by atoms with Gasteiger partial charge in [0.25, 0.3) is 0 Å². The Hall–Kier alpha value is -1.51. The minimum Gasteiger partial charge on any atom is -0.367 e. The fraction of sp³-hybridized carbons (Fsp3) is 0.533. The fourth-order valence-corrected chi connectivity index (χ4v) is 2.33. The van der Waals surface area contributed by atoms with Gasteiger partial charge in [-0.05, 0) is 38.8 Å². The minimum atomic E-state index is 0.490. The van der Waals surface area contributed by atoms with Crippen molar-refractivity contribution in [2.75, 3.05) is 11.4 Å². The van der Waals surface area contributed by atoms with Crippen LogP contribution in [0.3, 0.4) is 0 Å². The van der Waals surface area contributed by atoms with E-state index in [-0.39, 0.29) is 0 Å². The number of H-pyrrole nitrogens is 1. The Morgan fingerprint density at radius 3 is 2.61 bits per heavy atom. The van der Waals surface area contributed by atoms with Gasteiger partial charge < -0.3 is 9.88 Å². The van der Waals surface area contributed by atoms with E-state index in [0.717, 1.165) is 17.9 Å². The van der Waals surface area contributed by atoms with E-state index in [0.29, 0.717) is 12.0 Å². The summed E-state index contributed by atoms with van der Waals surface area (Å²) in [5.41, 5.74) is 3.33. The first-order valence-electron chi connectivity index (χ1n) is 6.70. The summed E-state index contributed by atoms with van der Waals surface area (Å²) in [5, 5.41) is 1.19. The van der Waals surface area contributed by atoms with Crippen LogP contribution in [0.25, 0.3) is 11.0 Å². The quantitative estimate of drug-likeness (QED) is 0.889. The van der Waals surface area contributed by atoms with E-state index in [1.165, 1.54) is 11.1 Å². The first kappa shape index (κ1) is 12.9. The van der Waals surface area contributed by atoms with E-state index in [1.807, 2.05) is 6.20 Å². The second-order valence-electron chi connectivity index (χ2n) is 5.65. The Labute approximate surface area is 109 Å². The Kier molecular flexibility index (Phi) is 3.60. The summed E-state index contributed by atoms with van der Waals surface area (Å²) < 4.78 is 0. The molecule has 0 unspecified atom stereocenters. The molecule has 0 saturated heterocycles. The first-order valence-corrected chi connectivity index (χ1v) is 6.70. The molecule has 3 nitrogen and oxygen atoms in total. The number of fused-ring (bicyclic) bond motifs is 1. The number of rotatable bonds is 4. The highest BCUT2D eigenvalue weighted by molar-refractivity contribution is 5.80. The van der Waals surface area contributed by atoms with Crippen LogP contribution in [0, 0.1) is 12.8 Å². The predicted octanol–water partition coefficient (Wildman–Crippen LogP) is 3.74. The normalized spacial score (nSPS) is 11.7. The highest BCUT2D eigenvalue weighted by Gasteiger charge is 2.16. The van der Waals surface area contributed by atoms with E-state index in [2.05, 4.69) is 61.6 Å². The second-order valence-corrected chi connectivity index (χ2v) is 5.65. The van der Waals surface area contributed by atoms with Gasteiger partial charge in [0.15, 0.2) is 0 Å². The second kappa shape index (κ2) is 5.01. The van der Waals surface area contributed by atoms with Crippen molar-refractivity contribution in [2.24, 2.45) is 5.92 Å². The molecule has 0 atom stereocenters. The van der Waals surface area contributed by atoms with Gasteiger partial charge in [-0.3, -0.25) is 0 Å². The third kappa shape index (κ3) is 2.50. The summed E-state index contributed by atoms with van der Waals surface area (Å²) in [6.45, 7) is 12.1. The highest BCUT2D eigenvalue weighted by Crippen LogP contribution is 2.25. The van der Waals surface area contributed by atoms with Crippen molar-refractivity contribution < 1.29 is 0 Å². The Morgan fingerprint density at radius 1 is 1.28 bits per heavy atom. The van der Waals surface area contributed by atoms with Crippen LogP contribution < -0.4 is 4.90 Å². The fourth-order valence-electron chi connectivity index (χ4n) is 2.33. The average molecular weight is 245 g/mol. The molecule has 2 aromatic rings. The molecule has 0 radical (unpaired) electrons. The minimum absolute atomic E-state index is 0.490. The summed E-state index contributed by atoms with van der Waals surface area (Å²) >= 11 is 0. The number of aryl methyl sites for hydroxylation is 1. The van der Waals surface area contributed by atoms with Gasteiger partial charge in [-0.15, -0.1) is 0 Å². The third-order valence-corrected chi connectivity index (χ3v) is 3.19. The van der Waals surface area contributed by atoms with Crippen LogP contribution in [0.1, 0.15) is 33.4 Å². The summed E-state index contributed by atoms with van der Waals surface area (Å²) in [5.74, 6) is 0.647. The molecule has 0 amide bonds. The van der Waals surface area contributed by atoms with Gasteiger partial charge in [0.1, 0.15) is 5.65 Å². The smallest absolute Gasteiger partial charge is 0.137 e. The molecule has 0 fully saturated rings. The van der Waals surface area contributed by atoms with Gasteiger partial charge in [0.2, 0.25) is 0 Å². The number of nitrogens with zero attached hydrogens (tertiary/aromatic N) is 2. The van der Waals surface area contributed by atoms with E-state index in [1.54, 1.807) is 0 Å². The van der Waals surface area contributed by atoms with Crippen LogP contribution >= 0.6 is 0 Å². The SMILES string of the molecule is Cc1nc2[nH]ccc2cc1N(CC(C)C)C(C)C. The van der Waals surface area contributed by atoms with Gasteiger partial charge in [-0.25, -0.2) is 4.98 Å². The lowest BCUT2D eigenvalue weighted by molar-refractivity contribution is 0.569. The van der Waals surface area contributed by atoms with E-state index >= 15 is 0 Å². The van der Waals surface area contributed by atoms with Crippen molar-refractivity contribution in [1.82, 2.24) is 9.97 Å². The molecule has 0 aromatic carbocycles. The number of hydrogen-bond donors (Lipinski definition) is 1. The van der Waals surface area contributed by atoms with Crippen LogP contribution in [-0.2, 0) is 0 Å². The van der Waals surface area contributed by atoms with Crippen molar-refractivity contribution in [2.45, 2.75) is 40.7 Å². The lowest BCUT2D eigenvalue weighted by Crippen LogP contribution is -2.34. The molecule has 3 heteroatoms. The maximum atomic E-state index is 4.65. The lowest BCUT2D eigenvalue weighted by atomic mass is 10.1. The number of pyridine rings is 1. The molecular formula is C15H23N3. The van der Waals surface area contributed by atoms with Gasteiger partial charge in [0, 0.05) is 24.2 Å². The third-order valence-electron chi connectivity index (χ3n) is 3.19. The van der Waals surface area contributed by atoms with Crippen LogP contribution in [0.4, 0.5) is 5.69 Å². The highest BCUT2D eigenvalue weighted by atomic mass is 15.2. The van der Waals surface area contributed by atoms with Crippen molar-refractivity contribution in [3.63, 3.8) is 0 Å². The monoisotopic (exact) mass is 245 g/mol. The zero-order valence-corrected chi connectivity index (χ0v) is 12.0. The summed E-state index contributed by atoms with van der Waals surface area (Å²) in [6, 6.07) is 4.82. The van der Waals surface area contributed by atoms with Crippen molar-refractivity contribution >= 4 is 16.7 Å². The largest absolute Gasteiger partial charge is 0.367 e. The predicted molar refractivity (Wildman–Crippen MR) is 78.2 cm³/mol. The molecule has 18 heavy (non-hydrogen) atoms. The van der Waals surface area contributed by atoms with E-state index in [9.17, 15) is 0 Å². The average Bonchev–Trinajstić information content (AvgIpc) is 2.71. The Bertz CT molecular complexity index is 526. The number of aromatic amines is 1. The Morgan fingerprint density at radius 2 is 2.00 bits per heavy atom. The van der Waals surface area contributed by atoms with Gasteiger partial charge in [-0.2, -0.15) is 0 Å². The van der Waals surface area contributed by atoms with E-state index in [4.69, 9.17) is 0 Å². The maximum Gasteiger partial charge on any atom is 0.137 e. The van der Waals surface area contributed by atoms with Crippen molar-refractivity contribution in [1.29, 1.82) is 0 Å². The molecule has 0 aliphatic carbocycles. The standard InChI is InChI=1S/C15H23N3/c1-10(2)9-18(11(3)4)14-8-13-6-7-16-15(13)17-12(14)5/h6-8,10-11H,9H2,1-5H3,(H,16,17). The van der Waals surface area contributed by atoms with Gasteiger partial charge in [0.05, 0.1) is 11.4 Å². The van der Waals surface area contributed by atoms with Crippen LogP contribution in [0.5, 0.6) is 0 Å².